The fourth-order valence-electron chi connectivity index (χ4n) is 6.00. The summed E-state index contributed by atoms with van der Waals surface area (Å²) in [5.74, 6) is 5.10. The Morgan fingerprint density at radius 3 is 2.33 bits per heavy atom. The second-order valence-electron chi connectivity index (χ2n) is 8.00. The number of fused-ring (bicyclic) bond motifs is 1. The molecule has 0 bridgehead atoms. The maximum Gasteiger partial charge on any atom is -0.0131 e. The molecule has 0 saturated heterocycles. The van der Waals surface area contributed by atoms with Gasteiger partial charge >= 0.3 is 0 Å². The molecule has 0 spiro atoms. The van der Waals surface area contributed by atoms with Crippen LogP contribution in [0.4, 0.5) is 0 Å². The summed E-state index contributed by atoms with van der Waals surface area (Å²) in [5.41, 5.74) is 1.63. The van der Waals surface area contributed by atoms with E-state index in [1.807, 2.05) is 0 Å². The second-order valence-corrected chi connectivity index (χ2v) is 8.00. The van der Waals surface area contributed by atoms with Gasteiger partial charge < -0.3 is 0 Å². The van der Waals surface area contributed by atoms with Gasteiger partial charge in [0.25, 0.3) is 0 Å². The van der Waals surface area contributed by atoms with Gasteiger partial charge in [0.15, 0.2) is 0 Å². The zero-order valence-electron chi connectivity index (χ0n) is 13.3. The highest BCUT2D eigenvalue weighted by molar-refractivity contribution is 5.22. The van der Waals surface area contributed by atoms with Crippen LogP contribution in [0, 0.1) is 23.7 Å². The van der Waals surface area contributed by atoms with Crippen LogP contribution in [0.2, 0.25) is 0 Å². The van der Waals surface area contributed by atoms with Crippen LogP contribution in [-0.4, -0.2) is 0 Å². The molecule has 1 aromatic rings. The first-order valence-corrected chi connectivity index (χ1v) is 9.47. The summed E-state index contributed by atoms with van der Waals surface area (Å²) in [7, 11) is 0. The SMILES string of the molecule is c1ccc(C2CCCC3C(CC4CCCC4)CCC23)cc1. The lowest BCUT2D eigenvalue weighted by Gasteiger charge is -2.37. The normalized spacial score (nSPS) is 36.8. The number of hydrogen-bond donors (Lipinski definition) is 0. The third-order valence-corrected chi connectivity index (χ3v) is 6.93. The molecule has 3 saturated carbocycles. The van der Waals surface area contributed by atoms with Gasteiger partial charge in [-0.15, -0.1) is 0 Å². The fourth-order valence-corrected chi connectivity index (χ4v) is 6.00. The van der Waals surface area contributed by atoms with Crippen LogP contribution in [-0.2, 0) is 0 Å². The molecule has 4 unspecified atom stereocenters. The Labute approximate surface area is 130 Å². The molecule has 0 heterocycles. The van der Waals surface area contributed by atoms with Crippen molar-refractivity contribution in [1.82, 2.24) is 0 Å². The molecule has 0 heteroatoms. The molecular formula is C21H30. The Morgan fingerprint density at radius 1 is 0.714 bits per heavy atom. The van der Waals surface area contributed by atoms with Gasteiger partial charge in [0.05, 0.1) is 0 Å². The summed E-state index contributed by atoms with van der Waals surface area (Å²) in [6.07, 6.45) is 15.2. The van der Waals surface area contributed by atoms with Crippen molar-refractivity contribution >= 4 is 0 Å². The van der Waals surface area contributed by atoms with Crippen molar-refractivity contribution in [2.45, 2.75) is 70.1 Å². The molecule has 4 atom stereocenters. The van der Waals surface area contributed by atoms with Crippen molar-refractivity contribution in [3.63, 3.8) is 0 Å². The lowest BCUT2D eigenvalue weighted by molar-refractivity contribution is 0.181. The van der Waals surface area contributed by atoms with E-state index in [1.165, 1.54) is 57.8 Å². The van der Waals surface area contributed by atoms with Gasteiger partial charge in [0.1, 0.15) is 0 Å². The Hall–Kier alpha value is -0.780. The van der Waals surface area contributed by atoms with E-state index in [4.69, 9.17) is 0 Å². The summed E-state index contributed by atoms with van der Waals surface area (Å²) in [6.45, 7) is 0. The highest BCUT2D eigenvalue weighted by Crippen LogP contribution is 2.54. The van der Waals surface area contributed by atoms with E-state index in [1.54, 1.807) is 12.0 Å². The molecule has 0 N–H and O–H groups in total. The fraction of sp³-hybridized carbons (Fsp3) is 0.714. The third kappa shape index (κ3) is 2.79. The molecule has 3 aliphatic carbocycles. The molecule has 0 amide bonds. The van der Waals surface area contributed by atoms with Crippen molar-refractivity contribution in [2.24, 2.45) is 23.7 Å². The Kier molecular flexibility index (Phi) is 4.05. The molecule has 21 heavy (non-hydrogen) atoms. The standard InChI is InChI=1S/C21H30/c1-2-9-17(10-3-1)19-11-6-12-20-18(13-14-21(19)20)15-16-7-4-5-8-16/h1-3,9-10,16,18-21H,4-8,11-15H2. The minimum atomic E-state index is 0.874. The quantitative estimate of drug-likeness (QED) is 0.621. The van der Waals surface area contributed by atoms with Gasteiger partial charge in [-0.1, -0.05) is 62.4 Å². The van der Waals surface area contributed by atoms with Crippen LogP contribution < -0.4 is 0 Å². The molecule has 4 rings (SSSR count). The van der Waals surface area contributed by atoms with Crippen molar-refractivity contribution in [2.75, 3.05) is 0 Å². The average Bonchev–Trinajstić information content (AvgIpc) is 3.19. The van der Waals surface area contributed by atoms with E-state index >= 15 is 0 Å². The van der Waals surface area contributed by atoms with Gasteiger partial charge in [-0.05, 0) is 67.3 Å². The highest BCUT2D eigenvalue weighted by Gasteiger charge is 2.43. The summed E-state index contributed by atoms with van der Waals surface area (Å²) < 4.78 is 0. The monoisotopic (exact) mass is 282 g/mol. The van der Waals surface area contributed by atoms with E-state index in [2.05, 4.69) is 30.3 Å². The Bertz CT molecular complexity index is 442. The smallest absolute Gasteiger partial charge is 0.0131 e. The third-order valence-electron chi connectivity index (χ3n) is 6.93. The van der Waals surface area contributed by atoms with Crippen LogP contribution in [0.5, 0.6) is 0 Å². The van der Waals surface area contributed by atoms with Crippen molar-refractivity contribution in [3.8, 4) is 0 Å². The molecule has 0 aromatic heterocycles. The van der Waals surface area contributed by atoms with Crippen LogP contribution in [0.3, 0.4) is 0 Å². The molecule has 0 radical (unpaired) electrons. The van der Waals surface area contributed by atoms with E-state index in [-0.39, 0.29) is 0 Å². The zero-order chi connectivity index (χ0) is 14.1. The summed E-state index contributed by atoms with van der Waals surface area (Å²) in [5, 5.41) is 0. The van der Waals surface area contributed by atoms with Gasteiger partial charge in [-0.2, -0.15) is 0 Å². The first-order chi connectivity index (χ1) is 10.4. The Morgan fingerprint density at radius 2 is 1.52 bits per heavy atom. The minimum absolute atomic E-state index is 0.874. The number of rotatable bonds is 3. The molecule has 1 aromatic carbocycles. The summed E-state index contributed by atoms with van der Waals surface area (Å²) >= 11 is 0. The van der Waals surface area contributed by atoms with Gasteiger partial charge in [0, 0.05) is 0 Å². The lowest BCUT2D eigenvalue weighted by atomic mass is 9.68. The van der Waals surface area contributed by atoms with Crippen LogP contribution in [0.15, 0.2) is 30.3 Å². The minimum Gasteiger partial charge on any atom is -0.0622 e. The van der Waals surface area contributed by atoms with E-state index in [0.29, 0.717) is 0 Å². The molecule has 3 aliphatic rings. The van der Waals surface area contributed by atoms with E-state index in [0.717, 1.165) is 29.6 Å². The van der Waals surface area contributed by atoms with Crippen molar-refractivity contribution in [1.29, 1.82) is 0 Å². The number of benzene rings is 1. The van der Waals surface area contributed by atoms with Crippen molar-refractivity contribution in [3.05, 3.63) is 35.9 Å². The van der Waals surface area contributed by atoms with Gasteiger partial charge in [-0.25, -0.2) is 0 Å². The summed E-state index contributed by atoms with van der Waals surface area (Å²) in [6, 6.07) is 11.4. The van der Waals surface area contributed by atoms with Crippen molar-refractivity contribution < 1.29 is 0 Å². The predicted octanol–water partition coefficient (Wildman–Crippen LogP) is 6.18. The van der Waals surface area contributed by atoms with E-state index < -0.39 is 0 Å². The average molecular weight is 282 g/mol. The molecule has 0 nitrogen and oxygen atoms in total. The number of hydrogen-bond acceptors (Lipinski definition) is 0. The van der Waals surface area contributed by atoms with Crippen LogP contribution in [0.25, 0.3) is 0 Å². The van der Waals surface area contributed by atoms with E-state index in [9.17, 15) is 0 Å². The van der Waals surface area contributed by atoms with Crippen LogP contribution >= 0.6 is 0 Å². The Balaban J connectivity index is 1.47. The lowest BCUT2D eigenvalue weighted by Crippen LogP contribution is -2.26. The zero-order valence-corrected chi connectivity index (χ0v) is 13.3. The molecular weight excluding hydrogens is 252 g/mol. The highest BCUT2D eigenvalue weighted by atomic mass is 14.5. The maximum atomic E-state index is 2.39. The largest absolute Gasteiger partial charge is 0.0622 e. The maximum absolute atomic E-state index is 2.39. The predicted molar refractivity (Wildman–Crippen MR) is 89.3 cm³/mol. The molecule has 3 fully saturated rings. The summed E-state index contributed by atoms with van der Waals surface area (Å²) in [4.78, 5) is 0. The second kappa shape index (κ2) is 6.15. The molecule has 114 valence electrons. The molecule has 0 aliphatic heterocycles. The topological polar surface area (TPSA) is 0 Å². The van der Waals surface area contributed by atoms with Gasteiger partial charge in [-0.3, -0.25) is 0 Å². The first kappa shape index (κ1) is 13.9. The van der Waals surface area contributed by atoms with Gasteiger partial charge in [0.2, 0.25) is 0 Å². The first-order valence-electron chi connectivity index (χ1n) is 9.47. The van der Waals surface area contributed by atoms with Crippen LogP contribution in [0.1, 0.15) is 75.7 Å².